The molecule has 0 radical (unpaired) electrons. The van der Waals surface area contributed by atoms with Crippen molar-refractivity contribution < 1.29 is 13.2 Å². The van der Waals surface area contributed by atoms with Crippen LogP contribution in [0.3, 0.4) is 0 Å². The Bertz CT molecular complexity index is 292. The molecule has 2 unspecified atom stereocenters. The van der Waals surface area contributed by atoms with Crippen molar-refractivity contribution in [1.82, 2.24) is 4.31 Å². The quantitative estimate of drug-likeness (QED) is 0.671. The first-order valence-corrected chi connectivity index (χ1v) is 6.56. The summed E-state index contributed by atoms with van der Waals surface area (Å²) in [7, 11) is -3.13. The number of morpholine rings is 1. The molecule has 0 aliphatic carbocycles. The minimum atomic E-state index is -3.13. The molecule has 0 spiro atoms. The molecule has 2 fully saturated rings. The predicted octanol–water partition coefficient (Wildman–Crippen LogP) is -0.862. The van der Waals surface area contributed by atoms with E-state index in [1.807, 2.05) is 0 Å². The van der Waals surface area contributed by atoms with Crippen LogP contribution < -0.4 is 5.73 Å². The topological polar surface area (TPSA) is 72.6 Å². The van der Waals surface area contributed by atoms with Gasteiger partial charge >= 0.3 is 0 Å². The van der Waals surface area contributed by atoms with Gasteiger partial charge in [0.05, 0.1) is 18.0 Å². The van der Waals surface area contributed by atoms with Gasteiger partial charge in [-0.1, -0.05) is 0 Å². The Hall–Kier alpha value is -0.170. The van der Waals surface area contributed by atoms with Gasteiger partial charge in [0, 0.05) is 19.6 Å². The lowest BCUT2D eigenvalue weighted by Gasteiger charge is -2.31. The fourth-order valence-electron chi connectivity index (χ4n) is 2.08. The molecule has 2 atom stereocenters. The van der Waals surface area contributed by atoms with Crippen molar-refractivity contribution in [3.8, 4) is 0 Å². The van der Waals surface area contributed by atoms with Gasteiger partial charge in [-0.15, -0.1) is 0 Å². The first-order chi connectivity index (χ1) is 6.62. The van der Waals surface area contributed by atoms with Crippen molar-refractivity contribution >= 4 is 10.0 Å². The van der Waals surface area contributed by atoms with E-state index in [1.165, 1.54) is 4.31 Å². The molecule has 2 saturated heterocycles. The molecule has 2 aliphatic heterocycles. The second kappa shape index (κ2) is 3.77. The molecule has 2 N–H and O–H groups in total. The van der Waals surface area contributed by atoms with E-state index in [9.17, 15) is 8.42 Å². The molecule has 5 nitrogen and oxygen atoms in total. The molecule has 0 aromatic heterocycles. The first-order valence-electron chi connectivity index (χ1n) is 4.95. The molecule has 2 aliphatic rings. The molecule has 0 aromatic carbocycles. The molecule has 82 valence electrons. The average Bonchev–Trinajstić information content (AvgIpc) is 2.45. The van der Waals surface area contributed by atoms with Gasteiger partial charge in [-0.2, -0.15) is 4.31 Å². The zero-order valence-corrected chi connectivity index (χ0v) is 8.87. The van der Waals surface area contributed by atoms with E-state index >= 15 is 0 Å². The third-order valence-electron chi connectivity index (χ3n) is 2.78. The van der Waals surface area contributed by atoms with E-state index in [0.29, 0.717) is 13.1 Å². The van der Waals surface area contributed by atoms with Crippen molar-refractivity contribution in [3.05, 3.63) is 0 Å². The summed E-state index contributed by atoms with van der Waals surface area (Å²) in [5.74, 6) is 0.0481. The van der Waals surface area contributed by atoms with Crippen LogP contribution in [-0.2, 0) is 14.8 Å². The molecule has 2 bridgehead atoms. The molecule has 6 heteroatoms. The number of fused-ring (bicyclic) bond motifs is 2. The van der Waals surface area contributed by atoms with Crippen molar-refractivity contribution in [1.29, 1.82) is 0 Å². The van der Waals surface area contributed by atoms with E-state index in [1.54, 1.807) is 0 Å². The van der Waals surface area contributed by atoms with Gasteiger partial charge in [-0.05, 0) is 12.8 Å². The predicted molar refractivity (Wildman–Crippen MR) is 52.3 cm³/mol. The molecule has 0 aromatic rings. The zero-order valence-electron chi connectivity index (χ0n) is 8.05. The smallest absolute Gasteiger partial charge is 0.215 e. The molecule has 2 heterocycles. The van der Waals surface area contributed by atoms with Gasteiger partial charge in [-0.3, -0.25) is 0 Å². The highest BCUT2D eigenvalue weighted by Gasteiger charge is 2.38. The Kier molecular flexibility index (Phi) is 2.79. The summed E-state index contributed by atoms with van der Waals surface area (Å²) < 4.78 is 30.5. The summed E-state index contributed by atoms with van der Waals surface area (Å²) in [4.78, 5) is 0. The third kappa shape index (κ3) is 1.93. The Morgan fingerprint density at radius 3 is 2.36 bits per heavy atom. The van der Waals surface area contributed by atoms with Crippen LogP contribution in [0, 0.1) is 0 Å². The fourth-order valence-corrected chi connectivity index (χ4v) is 3.43. The van der Waals surface area contributed by atoms with Gasteiger partial charge in [0.2, 0.25) is 10.0 Å². The summed E-state index contributed by atoms with van der Waals surface area (Å²) in [5.41, 5.74) is 5.27. The number of rotatable bonds is 3. The number of hydrogen-bond acceptors (Lipinski definition) is 4. The maximum absolute atomic E-state index is 11.7. The van der Waals surface area contributed by atoms with Gasteiger partial charge in [0.25, 0.3) is 0 Å². The summed E-state index contributed by atoms with van der Waals surface area (Å²) in [5, 5.41) is 0. The lowest BCUT2D eigenvalue weighted by Crippen LogP contribution is -2.47. The number of nitrogens with zero attached hydrogens (tertiary/aromatic N) is 1. The normalized spacial score (nSPS) is 33.5. The van der Waals surface area contributed by atoms with Crippen LogP contribution >= 0.6 is 0 Å². The number of sulfonamides is 1. The van der Waals surface area contributed by atoms with E-state index < -0.39 is 10.0 Å². The second-order valence-corrected chi connectivity index (χ2v) is 5.97. The molecule has 0 saturated carbocycles. The van der Waals surface area contributed by atoms with Crippen LogP contribution in [0.2, 0.25) is 0 Å². The van der Waals surface area contributed by atoms with Crippen LogP contribution in [0.1, 0.15) is 12.8 Å². The molecule has 2 rings (SSSR count). The Morgan fingerprint density at radius 2 is 1.86 bits per heavy atom. The zero-order chi connectivity index (χ0) is 10.2. The average molecular weight is 220 g/mol. The summed E-state index contributed by atoms with van der Waals surface area (Å²) >= 11 is 0. The standard InChI is InChI=1S/C8H16N2O3S/c9-3-4-14(11,12)10-5-7-1-2-8(6-10)13-7/h7-8H,1-6,9H2. The van der Waals surface area contributed by atoms with Crippen molar-refractivity contribution in [2.24, 2.45) is 5.73 Å². The monoisotopic (exact) mass is 220 g/mol. The minimum Gasteiger partial charge on any atom is -0.372 e. The number of hydrogen-bond donors (Lipinski definition) is 1. The molecule has 14 heavy (non-hydrogen) atoms. The summed E-state index contributed by atoms with van der Waals surface area (Å²) in [6.07, 6.45) is 2.20. The van der Waals surface area contributed by atoms with Crippen molar-refractivity contribution in [2.75, 3.05) is 25.4 Å². The number of ether oxygens (including phenoxy) is 1. The van der Waals surface area contributed by atoms with E-state index in [2.05, 4.69) is 0 Å². The fraction of sp³-hybridized carbons (Fsp3) is 1.00. The second-order valence-electron chi connectivity index (χ2n) is 3.88. The van der Waals surface area contributed by atoms with Crippen LogP contribution in [0.25, 0.3) is 0 Å². The third-order valence-corrected chi connectivity index (χ3v) is 4.62. The SMILES string of the molecule is NCCS(=O)(=O)N1CC2CCC(C1)O2. The maximum Gasteiger partial charge on any atom is 0.215 e. The summed E-state index contributed by atoms with van der Waals surface area (Å²) in [6.45, 7) is 1.21. The molecule has 0 amide bonds. The lowest BCUT2D eigenvalue weighted by atomic mass is 10.2. The highest BCUT2D eigenvalue weighted by molar-refractivity contribution is 7.89. The maximum atomic E-state index is 11.7. The minimum absolute atomic E-state index is 0.0481. The summed E-state index contributed by atoms with van der Waals surface area (Å²) in [6, 6.07) is 0. The molecular weight excluding hydrogens is 204 g/mol. The Labute approximate surface area is 84.3 Å². The first kappa shape index (κ1) is 10.4. The largest absolute Gasteiger partial charge is 0.372 e. The molecular formula is C8H16N2O3S. The van der Waals surface area contributed by atoms with Crippen LogP contribution in [0.5, 0.6) is 0 Å². The van der Waals surface area contributed by atoms with Crippen LogP contribution in [0.4, 0.5) is 0 Å². The number of nitrogens with two attached hydrogens (primary N) is 1. The van der Waals surface area contributed by atoms with Crippen LogP contribution in [-0.4, -0.2) is 50.3 Å². The Morgan fingerprint density at radius 1 is 1.29 bits per heavy atom. The lowest BCUT2D eigenvalue weighted by molar-refractivity contribution is -0.0114. The Balaban J connectivity index is 2.05. The van der Waals surface area contributed by atoms with Crippen molar-refractivity contribution in [3.63, 3.8) is 0 Å². The van der Waals surface area contributed by atoms with Gasteiger partial charge in [0.1, 0.15) is 0 Å². The van der Waals surface area contributed by atoms with E-state index in [0.717, 1.165) is 12.8 Å². The van der Waals surface area contributed by atoms with Gasteiger partial charge in [-0.25, -0.2) is 8.42 Å². The van der Waals surface area contributed by atoms with Crippen molar-refractivity contribution in [2.45, 2.75) is 25.0 Å². The van der Waals surface area contributed by atoms with E-state index in [-0.39, 0.29) is 24.5 Å². The van der Waals surface area contributed by atoms with Gasteiger partial charge < -0.3 is 10.5 Å². The highest BCUT2D eigenvalue weighted by atomic mass is 32.2. The van der Waals surface area contributed by atoms with Gasteiger partial charge in [0.15, 0.2) is 0 Å². The van der Waals surface area contributed by atoms with E-state index in [4.69, 9.17) is 10.5 Å². The van der Waals surface area contributed by atoms with Crippen LogP contribution in [0.15, 0.2) is 0 Å². The highest BCUT2D eigenvalue weighted by Crippen LogP contribution is 2.27.